The molecule has 94 valence electrons. The highest BCUT2D eigenvalue weighted by atomic mass is 32.2. The average Bonchev–Trinajstić information content (AvgIpc) is 2.42. The lowest BCUT2D eigenvalue weighted by molar-refractivity contribution is 0.444. The van der Waals surface area contributed by atoms with Gasteiger partial charge in [0, 0.05) is 23.2 Å². The van der Waals surface area contributed by atoms with Gasteiger partial charge in [-0.3, -0.25) is 0 Å². The van der Waals surface area contributed by atoms with Gasteiger partial charge in [0.25, 0.3) is 0 Å². The molecule has 2 rings (SSSR count). The van der Waals surface area contributed by atoms with Crippen molar-refractivity contribution in [2.24, 2.45) is 0 Å². The molecule has 1 N–H and O–H groups in total. The monoisotopic (exact) mass is 260 g/mol. The summed E-state index contributed by atoms with van der Waals surface area (Å²) in [5, 5.41) is 3.11. The first kappa shape index (κ1) is 12.9. The summed E-state index contributed by atoms with van der Waals surface area (Å²) >= 11 is 1.67. The van der Waals surface area contributed by atoms with E-state index < -0.39 is 0 Å². The third-order valence-electron chi connectivity index (χ3n) is 2.49. The van der Waals surface area contributed by atoms with Crippen molar-refractivity contribution in [1.82, 2.24) is 10.3 Å². The summed E-state index contributed by atoms with van der Waals surface area (Å²) in [6.45, 7) is 0.741. The molecule has 0 aliphatic carbocycles. The van der Waals surface area contributed by atoms with Crippen LogP contribution in [0.3, 0.4) is 0 Å². The molecule has 0 atom stereocenters. The fraction of sp³-hybridized carbons (Fsp3) is 0.214. The van der Waals surface area contributed by atoms with Crippen LogP contribution in [0.5, 0.6) is 11.6 Å². The summed E-state index contributed by atoms with van der Waals surface area (Å²) in [4.78, 5) is 5.41. The van der Waals surface area contributed by atoms with Crippen LogP contribution in [-0.4, -0.2) is 18.3 Å². The van der Waals surface area contributed by atoms with Crippen LogP contribution in [0.1, 0.15) is 5.56 Å². The minimum absolute atomic E-state index is 0.661. The zero-order valence-electron chi connectivity index (χ0n) is 10.5. The molecule has 0 saturated heterocycles. The topological polar surface area (TPSA) is 34.2 Å². The Morgan fingerprint density at radius 2 is 2.06 bits per heavy atom. The molecule has 1 heterocycles. The second-order valence-corrected chi connectivity index (χ2v) is 4.60. The van der Waals surface area contributed by atoms with Gasteiger partial charge < -0.3 is 10.1 Å². The van der Waals surface area contributed by atoms with E-state index in [1.807, 2.05) is 49.7 Å². The quantitative estimate of drug-likeness (QED) is 0.836. The summed E-state index contributed by atoms with van der Waals surface area (Å²) in [6.07, 6.45) is 3.78. The van der Waals surface area contributed by atoms with Gasteiger partial charge in [0.15, 0.2) is 0 Å². The zero-order valence-corrected chi connectivity index (χ0v) is 11.3. The van der Waals surface area contributed by atoms with E-state index in [0.717, 1.165) is 22.8 Å². The van der Waals surface area contributed by atoms with Crippen LogP contribution in [0.15, 0.2) is 47.5 Å². The maximum absolute atomic E-state index is 5.91. The number of pyridine rings is 1. The second kappa shape index (κ2) is 6.42. The van der Waals surface area contributed by atoms with Crippen LogP contribution >= 0.6 is 11.8 Å². The number of hydrogen-bond acceptors (Lipinski definition) is 4. The fourth-order valence-electron chi connectivity index (χ4n) is 1.65. The number of aromatic nitrogens is 1. The summed E-state index contributed by atoms with van der Waals surface area (Å²) < 4.78 is 5.91. The minimum atomic E-state index is 0.661. The third-order valence-corrected chi connectivity index (χ3v) is 3.27. The normalized spacial score (nSPS) is 10.3. The standard InChI is InChI=1S/C14H16N2OS/c1-15-10-11-6-5-9-16-14(11)17-12-7-3-4-8-13(12)18-2/h3-9,15H,10H2,1-2H3. The summed E-state index contributed by atoms with van der Waals surface area (Å²) in [7, 11) is 1.91. The van der Waals surface area contributed by atoms with E-state index in [2.05, 4.69) is 10.3 Å². The predicted octanol–water partition coefficient (Wildman–Crippen LogP) is 3.32. The fourth-order valence-corrected chi connectivity index (χ4v) is 2.17. The Hall–Kier alpha value is -1.52. The van der Waals surface area contributed by atoms with Gasteiger partial charge in [-0.2, -0.15) is 0 Å². The minimum Gasteiger partial charge on any atom is -0.438 e. The first-order chi connectivity index (χ1) is 8.85. The van der Waals surface area contributed by atoms with Crippen LogP contribution in [-0.2, 0) is 6.54 Å². The molecule has 1 aromatic heterocycles. The van der Waals surface area contributed by atoms with Crippen LogP contribution < -0.4 is 10.1 Å². The van der Waals surface area contributed by atoms with Gasteiger partial charge in [-0.05, 0) is 31.5 Å². The lowest BCUT2D eigenvalue weighted by Gasteiger charge is -2.11. The first-order valence-electron chi connectivity index (χ1n) is 5.74. The molecule has 18 heavy (non-hydrogen) atoms. The van der Waals surface area contributed by atoms with Gasteiger partial charge >= 0.3 is 0 Å². The third kappa shape index (κ3) is 3.03. The summed E-state index contributed by atoms with van der Waals surface area (Å²) in [6, 6.07) is 11.9. The zero-order chi connectivity index (χ0) is 12.8. The number of thioether (sulfide) groups is 1. The molecule has 0 bridgehead atoms. The highest BCUT2D eigenvalue weighted by Crippen LogP contribution is 2.31. The number of benzene rings is 1. The first-order valence-corrected chi connectivity index (χ1v) is 6.97. The number of nitrogens with zero attached hydrogens (tertiary/aromatic N) is 1. The molecule has 0 aliphatic rings. The maximum atomic E-state index is 5.91. The molecule has 0 spiro atoms. The molecule has 0 fully saturated rings. The van der Waals surface area contributed by atoms with Crippen molar-refractivity contribution >= 4 is 11.8 Å². The van der Waals surface area contributed by atoms with Gasteiger partial charge in [-0.1, -0.05) is 18.2 Å². The molecule has 4 heteroatoms. The molecule has 2 aromatic rings. The van der Waals surface area contributed by atoms with E-state index in [0.29, 0.717) is 5.88 Å². The Morgan fingerprint density at radius 1 is 1.22 bits per heavy atom. The van der Waals surface area contributed by atoms with Crippen molar-refractivity contribution in [3.63, 3.8) is 0 Å². The Labute approximate surface area is 112 Å². The Morgan fingerprint density at radius 3 is 2.83 bits per heavy atom. The van der Waals surface area contributed by atoms with Gasteiger partial charge in [0.2, 0.25) is 5.88 Å². The predicted molar refractivity (Wildman–Crippen MR) is 75.3 cm³/mol. The van der Waals surface area contributed by atoms with E-state index >= 15 is 0 Å². The highest BCUT2D eigenvalue weighted by molar-refractivity contribution is 7.98. The van der Waals surface area contributed by atoms with Crippen molar-refractivity contribution in [2.45, 2.75) is 11.4 Å². The molecular weight excluding hydrogens is 244 g/mol. The number of para-hydroxylation sites is 1. The maximum Gasteiger partial charge on any atom is 0.223 e. The van der Waals surface area contributed by atoms with Crippen molar-refractivity contribution in [3.05, 3.63) is 48.2 Å². The molecule has 0 saturated carbocycles. The number of nitrogens with one attached hydrogen (secondary N) is 1. The lowest BCUT2D eigenvalue weighted by Crippen LogP contribution is -2.07. The van der Waals surface area contributed by atoms with Crippen molar-refractivity contribution in [1.29, 1.82) is 0 Å². The van der Waals surface area contributed by atoms with Crippen LogP contribution in [0, 0.1) is 0 Å². The number of ether oxygens (including phenoxy) is 1. The largest absolute Gasteiger partial charge is 0.438 e. The molecular formula is C14H16N2OS. The Balaban J connectivity index is 2.28. The van der Waals surface area contributed by atoms with Crippen molar-refractivity contribution in [2.75, 3.05) is 13.3 Å². The summed E-state index contributed by atoms with van der Waals surface area (Å²) in [5.41, 5.74) is 1.05. The van der Waals surface area contributed by atoms with Crippen molar-refractivity contribution < 1.29 is 4.74 Å². The summed E-state index contributed by atoms with van der Waals surface area (Å²) in [5.74, 6) is 1.51. The molecule has 0 unspecified atom stereocenters. The lowest BCUT2D eigenvalue weighted by atomic mass is 10.2. The molecule has 0 amide bonds. The van der Waals surface area contributed by atoms with E-state index in [-0.39, 0.29) is 0 Å². The van der Waals surface area contributed by atoms with E-state index in [4.69, 9.17) is 4.74 Å². The molecule has 3 nitrogen and oxygen atoms in total. The number of rotatable bonds is 5. The van der Waals surface area contributed by atoms with Crippen LogP contribution in [0.2, 0.25) is 0 Å². The van der Waals surface area contributed by atoms with Gasteiger partial charge in [0.05, 0.1) is 0 Å². The van der Waals surface area contributed by atoms with Gasteiger partial charge in [-0.25, -0.2) is 4.98 Å². The number of hydrogen-bond donors (Lipinski definition) is 1. The van der Waals surface area contributed by atoms with Gasteiger partial charge in [0.1, 0.15) is 5.75 Å². The van der Waals surface area contributed by atoms with E-state index in [1.165, 1.54) is 0 Å². The van der Waals surface area contributed by atoms with Crippen molar-refractivity contribution in [3.8, 4) is 11.6 Å². The highest BCUT2D eigenvalue weighted by Gasteiger charge is 2.08. The second-order valence-electron chi connectivity index (χ2n) is 3.75. The Bertz CT molecular complexity index is 517. The molecule has 0 radical (unpaired) electrons. The van der Waals surface area contributed by atoms with Gasteiger partial charge in [-0.15, -0.1) is 11.8 Å². The smallest absolute Gasteiger partial charge is 0.223 e. The average molecular weight is 260 g/mol. The van der Waals surface area contributed by atoms with E-state index in [1.54, 1.807) is 18.0 Å². The molecule has 1 aromatic carbocycles. The SMILES string of the molecule is CNCc1cccnc1Oc1ccccc1SC. The van der Waals surface area contributed by atoms with E-state index in [9.17, 15) is 0 Å². The van der Waals surface area contributed by atoms with Crippen LogP contribution in [0.4, 0.5) is 0 Å². The Kier molecular flexibility index (Phi) is 4.61. The molecule has 0 aliphatic heterocycles. The van der Waals surface area contributed by atoms with Crippen LogP contribution in [0.25, 0.3) is 0 Å².